The van der Waals surface area contributed by atoms with Gasteiger partial charge in [0, 0.05) is 4.90 Å². The SMILES string of the molecule is O=C1NC(=O)c2c(SC(Cl)Cl)cccc21. The van der Waals surface area contributed by atoms with Crippen molar-refractivity contribution in [1.29, 1.82) is 0 Å². The smallest absolute Gasteiger partial charge is 0.260 e. The van der Waals surface area contributed by atoms with E-state index in [4.69, 9.17) is 23.2 Å². The van der Waals surface area contributed by atoms with Gasteiger partial charge < -0.3 is 0 Å². The fraction of sp³-hybridized carbons (Fsp3) is 0.111. The number of carbonyl (C=O) groups excluding carboxylic acids is 2. The second kappa shape index (κ2) is 4.04. The number of benzene rings is 1. The molecular formula is C9H5Cl2NO2S. The lowest BCUT2D eigenvalue weighted by Gasteiger charge is -2.04. The zero-order chi connectivity index (χ0) is 11.0. The first-order valence-electron chi connectivity index (χ1n) is 4.03. The van der Waals surface area contributed by atoms with Gasteiger partial charge in [-0.05, 0) is 12.1 Å². The summed E-state index contributed by atoms with van der Waals surface area (Å²) in [5, 5.41) is 2.22. The molecule has 3 nitrogen and oxygen atoms in total. The molecule has 1 aliphatic heterocycles. The molecule has 0 unspecified atom stereocenters. The lowest BCUT2D eigenvalue weighted by atomic mass is 10.1. The van der Waals surface area contributed by atoms with E-state index in [1.54, 1.807) is 18.2 Å². The van der Waals surface area contributed by atoms with E-state index < -0.39 is 10.1 Å². The largest absolute Gasteiger partial charge is 0.288 e. The molecule has 0 aromatic heterocycles. The van der Waals surface area contributed by atoms with E-state index in [0.717, 1.165) is 11.8 Å². The minimum atomic E-state index is -0.667. The van der Waals surface area contributed by atoms with Crippen LogP contribution >= 0.6 is 35.0 Å². The maximum atomic E-state index is 11.4. The van der Waals surface area contributed by atoms with E-state index >= 15 is 0 Å². The standard InChI is InChI=1S/C9H5Cl2NO2S/c10-9(11)15-5-3-1-2-4-6(5)8(14)12-7(4)13/h1-3,9H,(H,12,13,14). The topological polar surface area (TPSA) is 46.2 Å². The van der Waals surface area contributed by atoms with Crippen LogP contribution in [0, 0.1) is 0 Å². The number of hydrogen-bond donors (Lipinski definition) is 1. The predicted octanol–water partition coefficient (Wildman–Crippen LogP) is 2.42. The first-order valence-corrected chi connectivity index (χ1v) is 5.78. The number of hydrogen-bond acceptors (Lipinski definition) is 3. The Morgan fingerprint density at radius 3 is 2.60 bits per heavy atom. The Hall–Kier alpha value is -0.710. The zero-order valence-electron chi connectivity index (χ0n) is 7.29. The second-order valence-corrected chi connectivity index (χ2v) is 5.60. The third-order valence-electron chi connectivity index (χ3n) is 1.94. The van der Waals surface area contributed by atoms with Gasteiger partial charge in [0.15, 0.2) is 4.17 Å². The molecule has 0 aliphatic carbocycles. The average Bonchev–Trinajstić information content (AvgIpc) is 2.43. The molecule has 0 bridgehead atoms. The number of imide groups is 1. The predicted molar refractivity (Wildman–Crippen MR) is 59.6 cm³/mol. The summed E-state index contributed by atoms with van der Waals surface area (Å²) in [5.41, 5.74) is 0.734. The molecule has 0 atom stereocenters. The summed E-state index contributed by atoms with van der Waals surface area (Å²) in [7, 11) is 0. The Bertz CT molecular complexity index is 448. The highest BCUT2D eigenvalue weighted by Gasteiger charge is 2.29. The number of fused-ring (bicyclic) bond motifs is 1. The summed E-state index contributed by atoms with van der Waals surface area (Å²) in [6.45, 7) is 0. The normalized spacial score (nSPS) is 14.3. The maximum absolute atomic E-state index is 11.4. The maximum Gasteiger partial charge on any atom is 0.260 e. The van der Waals surface area contributed by atoms with Crippen molar-refractivity contribution in [2.45, 2.75) is 9.06 Å². The average molecular weight is 262 g/mol. The van der Waals surface area contributed by atoms with E-state index in [1.807, 2.05) is 0 Å². The van der Waals surface area contributed by atoms with Gasteiger partial charge in [0.05, 0.1) is 11.1 Å². The molecular weight excluding hydrogens is 257 g/mol. The van der Waals surface area contributed by atoms with Crippen molar-refractivity contribution in [3.8, 4) is 0 Å². The van der Waals surface area contributed by atoms with Crippen LogP contribution in [0.5, 0.6) is 0 Å². The Kier molecular flexibility index (Phi) is 2.91. The van der Waals surface area contributed by atoms with Gasteiger partial charge in [-0.25, -0.2) is 0 Å². The van der Waals surface area contributed by atoms with Crippen LogP contribution in [0.25, 0.3) is 0 Å². The highest BCUT2D eigenvalue weighted by molar-refractivity contribution is 8.02. The van der Waals surface area contributed by atoms with Crippen LogP contribution in [0.15, 0.2) is 23.1 Å². The Morgan fingerprint density at radius 2 is 1.93 bits per heavy atom. The van der Waals surface area contributed by atoms with Gasteiger partial charge in [-0.15, -0.1) is 0 Å². The Balaban J connectivity index is 2.50. The summed E-state index contributed by atoms with van der Waals surface area (Å²) in [6, 6.07) is 4.99. The van der Waals surface area contributed by atoms with Crippen LogP contribution in [0.2, 0.25) is 0 Å². The number of rotatable bonds is 2. The molecule has 0 spiro atoms. The summed E-state index contributed by atoms with van der Waals surface area (Å²) in [6.07, 6.45) is 0. The third kappa shape index (κ3) is 1.97. The highest BCUT2D eigenvalue weighted by atomic mass is 35.5. The van der Waals surface area contributed by atoms with Gasteiger partial charge in [0.1, 0.15) is 0 Å². The van der Waals surface area contributed by atoms with E-state index in [2.05, 4.69) is 5.32 Å². The van der Waals surface area contributed by atoms with E-state index in [0.29, 0.717) is 16.0 Å². The van der Waals surface area contributed by atoms with Crippen LogP contribution in [-0.2, 0) is 0 Å². The van der Waals surface area contributed by atoms with Gasteiger partial charge in [-0.2, -0.15) is 0 Å². The Morgan fingerprint density at radius 1 is 1.20 bits per heavy atom. The van der Waals surface area contributed by atoms with Gasteiger partial charge >= 0.3 is 0 Å². The quantitative estimate of drug-likeness (QED) is 0.505. The minimum Gasteiger partial charge on any atom is -0.288 e. The van der Waals surface area contributed by atoms with Crippen LogP contribution in [0.4, 0.5) is 0 Å². The number of carbonyl (C=O) groups is 2. The number of halogens is 2. The molecule has 1 N–H and O–H groups in total. The molecule has 1 heterocycles. The first kappa shape index (κ1) is 10.8. The molecule has 1 aliphatic rings. The van der Waals surface area contributed by atoms with Gasteiger partial charge in [-0.3, -0.25) is 14.9 Å². The lowest BCUT2D eigenvalue weighted by Crippen LogP contribution is -2.20. The van der Waals surface area contributed by atoms with Crippen LogP contribution in [0.1, 0.15) is 20.7 Å². The minimum absolute atomic E-state index is 0.360. The molecule has 2 rings (SSSR count). The van der Waals surface area contributed by atoms with Crippen molar-refractivity contribution in [3.63, 3.8) is 0 Å². The van der Waals surface area contributed by atoms with E-state index in [9.17, 15) is 9.59 Å². The lowest BCUT2D eigenvalue weighted by molar-refractivity contribution is 0.0879. The van der Waals surface area contributed by atoms with Crippen molar-refractivity contribution < 1.29 is 9.59 Å². The molecule has 0 saturated carbocycles. The molecule has 1 aromatic rings. The molecule has 78 valence electrons. The summed E-state index contributed by atoms with van der Waals surface area (Å²) >= 11 is 12.3. The van der Waals surface area contributed by atoms with Gasteiger partial charge in [-0.1, -0.05) is 41.0 Å². The molecule has 2 amide bonds. The molecule has 0 saturated heterocycles. The molecule has 15 heavy (non-hydrogen) atoms. The van der Waals surface area contributed by atoms with Crippen molar-refractivity contribution in [2.24, 2.45) is 0 Å². The monoisotopic (exact) mass is 261 g/mol. The van der Waals surface area contributed by atoms with Crippen LogP contribution in [-0.4, -0.2) is 16.0 Å². The van der Waals surface area contributed by atoms with Crippen LogP contribution in [0.3, 0.4) is 0 Å². The van der Waals surface area contributed by atoms with Crippen molar-refractivity contribution >= 4 is 46.8 Å². The number of amides is 2. The number of thioether (sulfide) groups is 1. The highest BCUT2D eigenvalue weighted by Crippen LogP contribution is 2.34. The second-order valence-electron chi connectivity index (χ2n) is 2.84. The summed E-state index contributed by atoms with van der Waals surface area (Å²) < 4.78 is -0.667. The summed E-state index contributed by atoms with van der Waals surface area (Å²) in [5.74, 6) is -0.773. The number of alkyl halides is 2. The van der Waals surface area contributed by atoms with Crippen molar-refractivity contribution in [2.75, 3.05) is 0 Å². The molecule has 0 radical (unpaired) electrons. The molecule has 0 fully saturated rings. The summed E-state index contributed by atoms with van der Waals surface area (Å²) in [4.78, 5) is 23.4. The van der Waals surface area contributed by atoms with Gasteiger partial charge in [0.2, 0.25) is 0 Å². The third-order valence-corrected chi connectivity index (χ3v) is 3.25. The molecule has 1 aromatic carbocycles. The van der Waals surface area contributed by atoms with E-state index in [-0.39, 0.29) is 5.91 Å². The van der Waals surface area contributed by atoms with Crippen molar-refractivity contribution in [3.05, 3.63) is 29.3 Å². The van der Waals surface area contributed by atoms with Crippen molar-refractivity contribution in [1.82, 2.24) is 5.32 Å². The van der Waals surface area contributed by atoms with E-state index in [1.165, 1.54) is 0 Å². The fourth-order valence-electron chi connectivity index (χ4n) is 1.38. The first-order chi connectivity index (χ1) is 7.09. The number of nitrogens with one attached hydrogen (secondary N) is 1. The zero-order valence-corrected chi connectivity index (χ0v) is 9.62. The molecule has 6 heteroatoms. The fourth-order valence-corrected chi connectivity index (χ4v) is 2.63. The van der Waals surface area contributed by atoms with Gasteiger partial charge in [0.25, 0.3) is 11.8 Å². The van der Waals surface area contributed by atoms with Crippen LogP contribution < -0.4 is 5.32 Å². The Labute approximate surface area is 100 Å².